The van der Waals surface area contributed by atoms with Crippen LogP contribution in [-0.2, 0) is 9.31 Å². The second-order valence-electron chi connectivity index (χ2n) is 8.05. The van der Waals surface area contributed by atoms with Crippen LogP contribution >= 0.6 is 11.3 Å². The van der Waals surface area contributed by atoms with Crippen molar-refractivity contribution in [2.24, 2.45) is 5.41 Å². The number of rotatable bonds is 2. The number of ether oxygens (including phenoxy) is 1. The van der Waals surface area contributed by atoms with Gasteiger partial charge in [-0.1, -0.05) is 31.3 Å². The third-order valence-corrected chi connectivity index (χ3v) is 4.88. The van der Waals surface area contributed by atoms with Gasteiger partial charge in [-0.05, 0) is 32.3 Å². The summed E-state index contributed by atoms with van der Waals surface area (Å²) in [5.74, 6) is -0.375. The molecule has 0 radical (unpaired) electrons. The molecule has 1 aromatic carbocycles. The zero-order chi connectivity index (χ0) is 18.4. The molecule has 0 saturated carbocycles. The molecule has 0 bridgehead atoms. The van der Waals surface area contributed by atoms with Crippen LogP contribution in [0.5, 0.6) is 5.06 Å². The van der Waals surface area contributed by atoms with Crippen LogP contribution in [0.25, 0.3) is 10.1 Å². The molecular weight excluding hydrogens is 340 g/mol. The van der Waals surface area contributed by atoms with Gasteiger partial charge in [-0.25, -0.2) is 4.39 Å². The molecule has 1 aliphatic rings. The Bertz CT molecular complexity index is 841. The zero-order valence-corrected chi connectivity index (χ0v) is 15.9. The molecule has 132 valence electrons. The van der Waals surface area contributed by atoms with E-state index < -0.39 is 12.7 Å². The third kappa shape index (κ3) is 3.66. The first-order valence-electron chi connectivity index (χ1n) is 8.18. The van der Waals surface area contributed by atoms with Crippen LogP contribution in [0.4, 0.5) is 4.39 Å². The van der Waals surface area contributed by atoms with Gasteiger partial charge in [0.1, 0.15) is 23.1 Å². The Morgan fingerprint density at radius 3 is 2.48 bits per heavy atom. The van der Waals surface area contributed by atoms with Gasteiger partial charge >= 0.3 is 7.12 Å². The molecule has 1 aromatic heterocycles. The number of thiophene rings is 1. The molecule has 1 fully saturated rings. The Morgan fingerprint density at radius 2 is 1.92 bits per heavy atom. The predicted molar refractivity (Wildman–Crippen MR) is 98.0 cm³/mol. The maximum Gasteiger partial charge on any atom is 0.494 e. The average Bonchev–Trinajstić information content (AvgIpc) is 2.85. The summed E-state index contributed by atoms with van der Waals surface area (Å²) >= 11 is 1.15. The van der Waals surface area contributed by atoms with Gasteiger partial charge in [0.25, 0.3) is 0 Å². The summed E-state index contributed by atoms with van der Waals surface area (Å²) in [7, 11) is -0.611. The number of hydrogen-bond acceptors (Lipinski definition) is 5. The van der Waals surface area contributed by atoms with E-state index in [-0.39, 0.29) is 11.2 Å². The van der Waals surface area contributed by atoms with Crippen molar-refractivity contribution in [3.8, 4) is 11.1 Å². The van der Waals surface area contributed by atoms with Gasteiger partial charge in [0.15, 0.2) is 5.06 Å². The standard InChI is InChI=1S/C18H21BFNO3S/c1-17(2,3)24-16-11(8-21)14-12(6-7-13(20)15(14)25-16)19-22-9-18(4,5)10-23-19/h6-7H,9-10H2,1-5H3. The molecule has 7 heteroatoms. The third-order valence-electron chi connectivity index (χ3n) is 3.81. The molecule has 1 saturated heterocycles. The SMILES string of the molecule is CC1(C)COB(c2ccc(F)c3sc(OC(C)(C)C)c(C#N)c23)OC1. The van der Waals surface area contributed by atoms with Gasteiger partial charge in [0.05, 0.1) is 4.70 Å². The first-order chi connectivity index (χ1) is 11.6. The minimum Gasteiger partial charge on any atom is -0.477 e. The minimum absolute atomic E-state index is 0.0666. The second kappa shape index (κ2) is 6.28. The molecule has 0 spiro atoms. The monoisotopic (exact) mass is 361 g/mol. The van der Waals surface area contributed by atoms with E-state index in [1.165, 1.54) is 6.07 Å². The molecule has 0 aliphatic carbocycles. The number of nitriles is 1. The van der Waals surface area contributed by atoms with Gasteiger partial charge in [0.2, 0.25) is 0 Å². The van der Waals surface area contributed by atoms with Crippen LogP contribution in [0.2, 0.25) is 0 Å². The quantitative estimate of drug-likeness (QED) is 0.763. The van der Waals surface area contributed by atoms with Crippen LogP contribution in [0.15, 0.2) is 12.1 Å². The second-order valence-corrected chi connectivity index (χ2v) is 9.03. The van der Waals surface area contributed by atoms with Crippen LogP contribution in [0.1, 0.15) is 40.2 Å². The molecule has 0 atom stereocenters. The van der Waals surface area contributed by atoms with Gasteiger partial charge in [0, 0.05) is 24.0 Å². The lowest BCUT2D eigenvalue weighted by Crippen LogP contribution is -2.47. The molecule has 0 N–H and O–H groups in total. The van der Waals surface area contributed by atoms with Crippen molar-refractivity contribution in [2.45, 2.75) is 40.2 Å². The molecule has 3 rings (SSSR count). The number of nitrogens with zero attached hydrogens (tertiary/aromatic N) is 1. The minimum atomic E-state index is -0.611. The summed E-state index contributed by atoms with van der Waals surface area (Å²) in [6, 6.07) is 5.20. The fourth-order valence-corrected chi connectivity index (χ4v) is 3.91. The first-order valence-corrected chi connectivity index (χ1v) is 9.00. The lowest BCUT2D eigenvalue weighted by atomic mass is 9.73. The first kappa shape index (κ1) is 18.2. The molecule has 4 nitrogen and oxygen atoms in total. The van der Waals surface area contributed by atoms with Crippen molar-refractivity contribution in [3.05, 3.63) is 23.5 Å². The molecule has 0 unspecified atom stereocenters. The highest BCUT2D eigenvalue weighted by Gasteiger charge is 2.36. The van der Waals surface area contributed by atoms with Crippen molar-refractivity contribution in [1.82, 2.24) is 0 Å². The maximum absolute atomic E-state index is 14.4. The molecule has 2 heterocycles. The number of hydrogen-bond donors (Lipinski definition) is 0. The van der Waals surface area contributed by atoms with Gasteiger partial charge in [-0.2, -0.15) is 5.26 Å². The highest BCUT2D eigenvalue weighted by Crippen LogP contribution is 2.40. The summed E-state index contributed by atoms with van der Waals surface area (Å²) in [5, 5.41) is 10.6. The summed E-state index contributed by atoms with van der Waals surface area (Å²) in [6.07, 6.45) is 0. The largest absolute Gasteiger partial charge is 0.494 e. The fourth-order valence-electron chi connectivity index (χ4n) is 2.70. The van der Waals surface area contributed by atoms with Crippen molar-refractivity contribution in [2.75, 3.05) is 13.2 Å². The van der Waals surface area contributed by atoms with E-state index in [0.29, 0.717) is 39.4 Å². The van der Waals surface area contributed by atoms with E-state index in [2.05, 4.69) is 19.9 Å². The van der Waals surface area contributed by atoms with Crippen molar-refractivity contribution >= 4 is 34.0 Å². The van der Waals surface area contributed by atoms with E-state index in [1.807, 2.05) is 20.8 Å². The van der Waals surface area contributed by atoms with E-state index in [0.717, 1.165) is 11.3 Å². The van der Waals surface area contributed by atoms with Crippen molar-refractivity contribution in [3.63, 3.8) is 0 Å². The van der Waals surface area contributed by atoms with Crippen molar-refractivity contribution < 1.29 is 18.4 Å². The normalized spacial score (nSPS) is 17.6. The molecular formula is C18H21BFNO3S. The fraction of sp³-hybridized carbons (Fsp3) is 0.500. The molecule has 1 aliphatic heterocycles. The number of benzene rings is 1. The Kier molecular flexibility index (Phi) is 4.57. The highest BCUT2D eigenvalue weighted by atomic mass is 32.1. The molecule has 25 heavy (non-hydrogen) atoms. The van der Waals surface area contributed by atoms with Crippen molar-refractivity contribution in [1.29, 1.82) is 5.26 Å². The summed E-state index contributed by atoms with van der Waals surface area (Å²) < 4.78 is 32.4. The Balaban J connectivity index is 2.11. The Hall–Kier alpha value is -1.62. The van der Waals surface area contributed by atoms with E-state index >= 15 is 0 Å². The van der Waals surface area contributed by atoms with E-state index in [1.54, 1.807) is 6.07 Å². The van der Waals surface area contributed by atoms with Gasteiger partial charge < -0.3 is 14.0 Å². The van der Waals surface area contributed by atoms with Gasteiger partial charge in [-0.3, -0.25) is 0 Å². The van der Waals surface area contributed by atoms with E-state index in [4.69, 9.17) is 14.0 Å². The van der Waals surface area contributed by atoms with E-state index in [9.17, 15) is 9.65 Å². The van der Waals surface area contributed by atoms with Crippen LogP contribution in [0, 0.1) is 22.6 Å². The lowest BCUT2D eigenvalue weighted by Gasteiger charge is -2.33. The predicted octanol–water partition coefficient (Wildman–Crippen LogP) is 3.86. The number of fused-ring (bicyclic) bond motifs is 1. The Labute approximate surface area is 151 Å². The summed E-state index contributed by atoms with van der Waals surface area (Å²) in [4.78, 5) is 0. The summed E-state index contributed by atoms with van der Waals surface area (Å²) in [6.45, 7) is 10.9. The molecule has 2 aromatic rings. The topological polar surface area (TPSA) is 51.5 Å². The van der Waals surface area contributed by atoms with Gasteiger partial charge in [-0.15, -0.1) is 0 Å². The van der Waals surface area contributed by atoms with Crippen LogP contribution in [0.3, 0.4) is 0 Å². The maximum atomic E-state index is 14.4. The Morgan fingerprint density at radius 1 is 1.28 bits per heavy atom. The highest BCUT2D eigenvalue weighted by molar-refractivity contribution is 7.21. The number of halogens is 1. The summed E-state index contributed by atoms with van der Waals surface area (Å²) in [5.41, 5.74) is 0.457. The zero-order valence-electron chi connectivity index (χ0n) is 15.1. The smallest absolute Gasteiger partial charge is 0.477 e. The van der Waals surface area contributed by atoms with Crippen LogP contribution < -0.4 is 10.2 Å². The lowest BCUT2D eigenvalue weighted by molar-refractivity contribution is 0.0344. The molecule has 0 amide bonds. The average molecular weight is 361 g/mol. The van der Waals surface area contributed by atoms with Crippen LogP contribution in [-0.4, -0.2) is 25.9 Å².